The van der Waals surface area contributed by atoms with Crippen molar-refractivity contribution in [2.24, 2.45) is 0 Å². The Morgan fingerprint density at radius 3 is 2.55 bits per heavy atom. The summed E-state index contributed by atoms with van der Waals surface area (Å²) in [5.74, 6) is 1.01. The van der Waals surface area contributed by atoms with Crippen LogP contribution in [0.3, 0.4) is 0 Å². The SMILES string of the molecule is CCC=CCCOc1c(OCC=C(C)CCC=C(C)C)c(=O)oc2cccc(OC)c12. The van der Waals surface area contributed by atoms with E-state index < -0.39 is 5.63 Å². The maximum Gasteiger partial charge on any atom is 0.383 e. The van der Waals surface area contributed by atoms with Gasteiger partial charge in [-0.3, -0.25) is 0 Å². The molecule has 0 amide bonds. The van der Waals surface area contributed by atoms with E-state index in [2.05, 4.69) is 45.9 Å². The Hall–Kier alpha value is -2.95. The highest BCUT2D eigenvalue weighted by molar-refractivity contribution is 5.91. The molecule has 0 aliphatic carbocycles. The van der Waals surface area contributed by atoms with E-state index in [1.165, 1.54) is 11.1 Å². The van der Waals surface area contributed by atoms with Crippen molar-refractivity contribution >= 4 is 11.0 Å². The molecule has 31 heavy (non-hydrogen) atoms. The Kier molecular flexibility index (Phi) is 9.95. The summed E-state index contributed by atoms with van der Waals surface area (Å²) in [4.78, 5) is 12.7. The number of ether oxygens (including phenoxy) is 3. The normalized spacial score (nSPS) is 11.7. The van der Waals surface area contributed by atoms with Gasteiger partial charge in [0.2, 0.25) is 5.75 Å². The number of hydrogen-bond donors (Lipinski definition) is 0. The maximum absolute atomic E-state index is 12.7. The van der Waals surface area contributed by atoms with E-state index in [9.17, 15) is 4.79 Å². The number of hydrogen-bond acceptors (Lipinski definition) is 5. The van der Waals surface area contributed by atoms with Crippen molar-refractivity contribution in [1.29, 1.82) is 0 Å². The maximum atomic E-state index is 12.7. The molecular formula is C26H34O5. The molecule has 0 spiro atoms. The highest BCUT2D eigenvalue weighted by atomic mass is 16.5. The molecule has 1 heterocycles. The van der Waals surface area contributed by atoms with Gasteiger partial charge in [0.05, 0.1) is 13.7 Å². The van der Waals surface area contributed by atoms with Gasteiger partial charge in [-0.1, -0.05) is 42.4 Å². The van der Waals surface area contributed by atoms with Crippen LogP contribution in [0.1, 0.15) is 53.4 Å². The van der Waals surface area contributed by atoms with Crippen LogP contribution >= 0.6 is 0 Å². The van der Waals surface area contributed by atoms with E-state index in [0.717, 1.165) is 25.7 Å². The standard InChI is InChI=1S/C26H34O5/c1-6-7-8-9-17-29-24-23-21(28-5)14-11-15-22(23)31-26(27)25(24)30-18-16-20(4)13-10-12-19(2)3/h7-8,11-12,14-16H,6,9-10,13,17-18H2,1-5H3. The molecule has 0 radical (unpaired) electrons. The van der Waals surface area contributed by atoms with Gasteiger partial charge in [0, 0.05) is 0 Å². The quantitative estimate of drug-likeness (QED) is 0.217. The zero-order valence-corrected chi connectivity index (χ0v) is 19.3. The molecule has 0 aliphatic heterocycles. The van der Waals surface area contributed by atoms with Gasteiger partial charge in [-0.05, 0) is 64.7 Å². The molecule has 2 rings (SSSR count). The third kappa shape index (κ3) is 7.35. The summed E-state index contributed by atoms with van der Waals surface area (Å²) >= 11 is 0. The van der Waals surface area contributed by atoms with Gasteiger partial charge in [-0.25, -0.2) is 4.79 Å². The number of methoxy groups -OCH3 is 1. The molecule has 0 unspecified atom stereocenters. The summed E-state index contributed by atoms with van der Waals surface area (Å²) < 4.78 is 22.9. The molecule has 0 bridgehead atoms. The zero-order chi connectivity index (χ0) is 22.6. The van der Waals surface area contributed by atoms with E-state index >= 15 is 0 Å². The summed E-state index contributed by atoms with van der Waals surface area (Å²) in [5.41, 5.74) is 2.36. The lowest BCUT2D eigenvalue weighted by atomic mass is 10.1. The topological polar surface area (TPSA) is 57.9 Å². The Morgan fingerprint density at radius 1 is 1.03 bits per heavy atom. The van der Waals surface area contributed by atoms with Crippen LogP contribution in [0.4, 0.5) is 0 Å². The van der Waals surface area contributed by atoms with Crippen LogP contribution in [0.5, 0.6) is 17.2 Å². The third-order valence-electron chi connectivity index (χ3n) is 4.71. The minimum Gasteiger partial charge on any atom is -0.496 e. The number of fused-ring (bicyclic) bond motifs is 1. The van der Waals surface area contributed by atoms with Gasteiger partial charge >= 0.3 is 5.63 Å². The summed E-state index contributed by atoms with van der Waals surface area (Å²) in [6.07, 6.45) is 12.0. The van der Waals surface area contributed by atoms with Crippen molar-refractivity contribution in [2.75, 3.05) is 20.3 Å². The molecule has 2 aromatic rings. The molecule has 0 aliphatic rings. The summed E-state index contributed by atoms with van der Waals surface area (Å²) in [7, 11) is 1.58. The molecule has 5 nitrogen and oxygen atoms in total. The van der Waals surface area contributed by atoms with Gasteiger partial charge in [0.1, 0.15) is 23.3 Å². The van der Waals surface area contributed by atoms with Crippen LogP contribution in [-0.4, -0.2) is 20.3 Å². The zero-order valence-electron chi connectivity index (χ0n) is 19.3. The molecule has 168 valence electrons. The lowest BCUT2D eigenvalue weighted by Gasteiger charge is -2.14. The molecule has 5 heteroatoms. The molecule has 0 N–H and O–H groups in total. The molecule has 0 saturated carbocycles. The number of rotatable bonds is 12. The molecule has 0 atom stereocenters. The van der Waals surface area contributed by atoms with E-state index in [4.69, 9.17) is 18.6 Å². The number of benzene rings is 1. The fourth-order valence-electron chi connectivity index (χ4n) is 3.08. The van der Waals surface area contributed by atoms with Gasteiger partial charge in [0.25, 0.3) is 0 Å². The summed E-state index contributed by atoms with van der Waals surface area (Å²) in [6, 6.07) is 5.31. The van der Waals surface area contributed by atoms with Crippen molar-refractivity contribution in [2.45, 2.75) is 53.4 Å². The Morgan fingerprint density at radius 2 is 1.84 bits per heavy atom. The first-order chi connectivity index (χ1) is 15.0. The van der Waals surface area contributed by atoms with E-state index in [0.29, 0.717) is 29.1 Å². The predicted molar refractivity (Wildman–Crippen MR) is 126 cm³/mol. The van der Waals surface area contributed by atoms with Crippen molar-refractivity contribution in [3.63, 3.8) is 0 Å². The minimum absolute atomic E-state index is 0.0739. The third-order valence-corrected chi connectivity index (χ3v) is 4.71. The smallest absolute Gasteiger partial charge is 0.383 e. The second kappa shape index (κ2) is 12.7. The second-order valence-electron chi connectivity index (χ2n) is 7.58. The Balaban J connectivity index is 2.29. The van der Waals surface area contributed by atoms with E-state index in [1.54, 1.807) is 19.2 Å². The first kappa shape index (κ1) is 24.3. The van der Waals surface area contributed by atoms with Gasteiger partial charge in [-0.15, -0.1) is 0 Å². The number of allylic oxidation sites excluding steroid dienone is 4. The first-order valence-corrected chi connectivity index (χ1v) is 10.8. The average Bonchev–Trinajstić information content (AvgIpc) is 2.74. The average molecular weight is 427 g/mol. The monoisotopic (exact) mass is 426 g/mol. The highest BCUT2D eigenvalue weighted by Crippen LogP contribution is 2.38. The highest BCUT2D eigenvalue weighted by Gasteiger charge is 2.20. The lowest BCUT2D eigenvalue weighted by Crippen LogP contribution is -2.11. The first-order valence-electron chi connectivity index (χ1n) is 10.8. The van der Waals surface area contributed by atoms with Crippen molar-refractivity contribution in [3.8, 4) is 17.2 Å². The van der Waals surface area contributed by atoms with Crippen LogP contribution in [0.25, 0.3) is 11.0 Å². The van der Waals surface area contributed by atoms with Gasteiger partial charge < -0.3 is 18.6 Å². The Bertz CT molecular complexity index is 991. The molecular weight excluding hydrogens is 392 g/mol. The van der Waals surface area contributed by atoms with Gasteiger partial charge in [-0.2, -0.15) is 0 Å². The summed E-state index contributed by atoms with van der Waals surface area (Å²) in [5, 5.41) is 0.600. The lowest BCUT2D eigenvalue weighted by molar-refractivity contribution is 0.278. The van der Waals surface area contributed by atoms with Gasteiger partial charge in [0.15, 0.2) is 5.75 Å². The van der Waals surface area contributed by atoms with Crippen LogP contribution in [-0.2, 0) is 0 Å². The minimum atomic E-state index is -0.560. The molecule has 1 aromatic carbocycles. The van der Waals surface area contributed by atoms with Crippen LogP contribution < -0.4 is 19.8 Å². The molecule has 1 aromatic heterocycles. The fraction of sp³-hybridized carbons (Fsp3) is 0.423. The molecule has 0 saturated heterocycles. The summed E-state index contributed by atoms with van der Waals surface area (Å²) in [6.45, 7) is 9.01. The fourth-order valence-corrected chi connectivity index (χ4v) is 3.08. The van der Waals surface area contributed by atoms with E-state index in [1.807, 2.05) is 12.1 Å². The largest absolute Gasteiger partial charge is 0.496 e. The van der Waals surface area contributed by atoms with Crippen LogP contribution in [0, 0.1) is 0 Å². The van der Waals surface area contributed by atoms with Crippen molar-refractivity contribution in [3.05, 3.63) is 64.1 Å². The van der Waals surface area contributed by atoms with E-state index in [-0.39, 0.29) is 12.4 Å². The van der Waals surface area contributed by atoms with Crippen LogP contribution in [0.15, 0.2) is 62.9 Å². The van der Waals surface area contributed by atoms with Crippen molar-refractivity contribution in [1.82, 2.24) is 0 Å². The van der Waals surface area contributed by atoms with Crippen LogP contribution in [0.2, 0.25) is 0 Å². The molecule has 0 fully saturated rings. The predicted octanol–water partition coefficient (Wildman–Crippen LogP) is 6.61. The van der Waals surface area contributed by atoms with Crippen molar-refractivity contribution < 1.29 is 18.6 Å². The Labute approximate surface area is 185 Å². The second-order valence-corrected chi connectivity index (χ2v) is 7.58.